The molecule has 1 aromatic rings. The van der Waals surface area contributed by atoms with Crippen LogP contribution in [0.4, 0.5) is 0 Å². The van der Waals surface area contributed by atoms with Crippen molar-refractivity contribution >= 4 is 11.6 Å². The number of halogens is 1. The average molecular weight is 272 g/mol. The van der Waals surface area contributed by atoms with Crippen LogP contribution in [0.15, 0.2) is 12.1 Å². The highest BCUT2D eigenvalue weighted by Gasteiger charge is 2.21. The summed E-state index contributed by atoms with van der Waals surface area (Å²) in [7, 11) is 3.51. The molecule has 1 atom stereocenters. The highest BCUT2D eigenvalue weighted by Crippen LogP contribution is 2.37. The first-order chi connectivity index (χ1) is 8.74. The topological polar surface area (TPSA) is 39.7 Å². The second kappa shape index (κ2) is 6.27. The van der Waals surface area contributed by atoms with E-state index in [1.807, 2.05) is 19.2 Å². The third kappa shape index (κ3) is 3.07. The second-order valence-corrected chi connectivity index (χ2v) is 4.65. The zero-order chi connectivity index (χ0) is 13.0. The summed E-state index contributed by atoms with van der Waals surface area (Å²) in [6.07, 6.45) is 0.948. The highest BCUT2D eigenvalue weighted by atomic mass is 35.5. The number of rotatable bonds is 5. The molecule has 1 saturated heterocycles. The summed E-state index contributed by atoms with van der Waals surface area (Å²) in [5.41, 5.74) is 1.06. The van der Waals surface area contributed by atoms with Crippen molar-refractivity contribution in [1.82, 2.24) is 5.32 Å². The van der Waals surface area contributed by atoms with Crippen LogP contribution in [0, 0.1) is 0 Å². The Balaban J connectivity index is 2.21. The maximum Gasteiger partial charge on any atom is 0.180 e. The van der Waals surface area contributed by atoms with Crippen LogP contribution in [0.5, 0.6) is 11.5 Å². The first-order valence-corrected chi connectivity index (χ1v) is 6.37. The zero-order valence-electron chi connectivity index (χ0n) is 10.7. The molecular formula is C13H18ClNO3. The van der Waals surface area contributed by atoms with E-state index >= 15 is 0 Å². The van der Waals surface area contributed by atoms with Gasteiger partial charge < -0.3 is 19.5 Å². The van der Waals surface area contributed by atoms with E-state index in [0.717, 1.165) is 25.1 Å². The lowest BCUT2D eigenvalue weighted by atomic mass is 10.2. The van der Waals surface area contributed by atoms with E-state index in [0.29, 0.717) is 23.1 Å². The molecule has 1 aromatic carbocycles. The lowest BCUT2D eigenvalue weighted by molar-refractivity contribution is 0.138. The largest absolute Gasteiger partial charge is 0.493 e. The summed E-state index contributed by atoms with van der Waals surface area (Å²) in [5, 5.41) is 3.66. The zero-order valence-corrected chi connectivity index (χ0v) is 11.4. The van der Waals surface area contributed by atoms with Crippen molar-refractivity contribution in [3.8, 4) is 11.5 Å². The van der Waals surface area contributed by atoms with Crippen LogP contribution >= 0.6 is 11.6 Å². The summed E-state index contributed by atoms with van der Waals surface area (Å²) in [4.78, 5) is 0. The smallest absolute Gasteiger partial charge is 0.180 e. The Hall–Kier alpha value is -0.970. The van der Waals surface area contributed by atoms with Crippen molar-refractivity contribution < 1.29 is 14.2 Å². The summed E-state index contributed by atoms with van der Waals surface area (Å²) in [6.45, 7) is 2.09. The predicted molar refractivity (Wildman–Crippen MR) is 70.6 cm³/mol. The Bertz CT molecular complexity index is 405. The van der Waals surface area contributed by atoms with Gasteiger partial charge in [-0.3, -0.25) is 0 Å². The van der Waals surface area contributed by atoms with E-state index in [4.69, 9.17) is 25.8 Å². The Labute approximate surface area is 112 Å². The van der Waals surface area contributed by atoms with E-state index < -0.39 is 0 Å². The van der Waals surface area contributed by atoms with Gasteiger partial charge in [-0.05, 0) is 24.7 Å². The summed E-state index contributed by atoms with van der Waals surface area (Å²) >= 11 is 6.25. The number of hydrogen-bond donors (Lipinski definition) is 1. The second-order valence-electron chi connectivity index (χ2n) is 4.24. The first-order valence-electron chi connectivity index (χ1n) is 6.00. The molecule has 0 radical (unpaired) electrons. The third-order valence-corrected chi connectivity index (χ3v) is 3.12. The van der Waals surface area contributed by atoms with Crippen LogP contribution in [0.1, 0.15) is 12.0 Å². The lowest BCUT2D eigenvalue weighted by Crippen LogP contribution is -2.16. The van der Waals surface area contributed by atoms with E-state index in [2.05, 4.69) is 5.32 Å². The molecule has 100 valence electrons. The van der Waals surface area contributed by atoms with Gasteiger partial charge in [0.25, 0.3) is 0 Å². The number of ether oxygens (including phenoxy) is 3. The Morgan fingerprint density at radius 2 is 2.33 bits per heavy atom. The van der Waals surface area contributed by atoms with Gasteiger partial charge in [0.05, 0.1) is 25.3 Å². The molecule has 1 heterocycles. The van der Waals surface area contributed by atoms with Gasteiger partial charge in [-0.2, -0.15) is 0 Å². The summed E-state index contributed by atoms with van der Waals surface area (Å²) in [6, 6.07) is 3.83. The van der Waals surface area contributed by atoms with Crippen molar-refractivity contribution in [3.05, 3.63) is 22.7 Å². The van der Waals surface area contributed by atoms with Gasteiger partial charge >= 0.3 is 0 Å². The predicted octanol–water partition coefficient (Wildman–Crippen LogP) is 2.24. The minimum atomic E-state index is 0.0616. The van der Waals surface area contributed by atoms with Crippen molar-refractivity contribution in [2.24, 2.45) is 0 Å². The maximum absolute atomic E-state index is 6.25. The summed E-state index contributed by atoms with van der Waals surface area (Å²) in [5.74, 6) is 1.27. The number of hydrogen-bond acceptors (Lipinski definition) is 4. The van der Waals surface area contributed by atoms with Gasteiger partial charge in [-0.25, -0.2) is 0 Å². The molecule has 1 unspecified atom stereocenters. The molecule has 18 heavy (non-hydrogen) atoms. The minimum Gasteiger partial charge on any atom is -0.493 e. The minimum absolute atomic E-state index is 0.0616. The fourth-order valence-electron chi connectivity index (χ4n) is 1.97. The fourth-order valence-corrected chi connectivity index (χ4v) is 2.24. The third-order valence-electron chi connectivity index (χ3n) is 2.84. The Morgan fingerprint density at radius 1 is 1.50 bits per heavy atom. The van der Waals surface area contributed by atoms with Crippen LogP contribution in [-0.4, -0.2) is 33.5 Å². The van der Waals surface area contributed by atoms with Gasteiger partial charge in [0, 0.05) is 13.0 Å². The Kier molecular flexibility index (Phi) is 4.69. The van der Waals surface area contributed by atoms with Crippen LogP contribution in [0.2, 0.25) is 5.02 Å². The molecule has 2 rings (SSSR count). The van der Waals surface area contributed by atoms with Gasteiger partial charge in [-0.15, -0.1) is 0 Å². The molecular weight excluding hydrogens is 254 g/mol. The molecule has 1 aliphatic heterocycles. The normalized spacial score (nSPS) is 18.9. The van der Waals surface area contributed by atoms with Crippen LogP contribution in [0.25, 0.3) is 0 Å². The molecule has 0 spiro atoms. The highest BCUT2D eigenvalue weighted by molar-refractivity contribution is 6.32. The first kappa shape index (κ1) is 13.5. The number of benzene rings is 1. The molecule has 1 fully saturated rings. The van der Waals surface area contributed by atoms with E-state index in [1.54, 1.807) is 7.11 Å². The molecule has 0 saturated carbocycles. The molecule has 0 aromatic heterocycles. The van der Waals surface area contributed by atoms with E-state index in [1.165, 1.54) is 0 Å². The number of nitrogens with one attached hydrogen (secondary N) is 1. The van der Waals surface area contributed by atoms with Crippen molar-refractivity contribution in [1.29, 1.82) is 0 Å². The molecule has 0 amide bonds. The standard InChI is InChI=1S/C13H18ClNO3/c1-15-7-9-5-11(14)13(12(6-9)16-2)18-10-3-4-17-8-10/h5-6,10,15H,3-4,7-8H2,1-2H3. The molecule has 4 nitrogen and oxygen atoms in total. The SMILES string of the molecule is CNCc1cc(Cl)c(OC2CCOC2)c(OC)c1. The monoisotopic (exact) mass is 271 g/mol. The van der Waals surface area contributed by atoms with Crippen molar-refractivity contribution in [2.45, 2.75) is 19.1 Å². The molecule has 1 aliphatic rings. The molecule has 5 heteroatoms. The van der Waals surface area contributed by atoms with Gasteiger partial charge in [-0.1, -0.05) is 11.6 Å². The van der Waals surface area contributed by atoms with Crippen LogP contribution in [-0.2, 0) is 11.3 Å². The molecule has 0 aliphatic carbocycles. The van der Waals surface area contributed by atoms with Crippen LogP contribution in [0.3, 0.4) is 0 Å². The average Bonchev–Trinajstić information content (AvgIpc) is 2.85. The maximum atomic E-state index is 6.25. The summed E-state index contributed by atoms with van der Waals surface area (Å²) < 4.78 is 16.5. The van der Waals surface area contributed by atoms with Gasteiger partial charge in [0.2, 0.25) is 0 Å². The van der Waals surface area contributed by atoms with Crippen molar-refractivity contribution in [3.63, 3.8) is 0 Å². The molecule has 1 N–H and O–H groups in total. The molecule has 0 bridgehead atoms. The lowest BCUT2D eigenvalue weighted by Gasteiger charge is -2.17. The fraction of sp³-hybridized carbons (Fsp3) is 0.538. The Morgan fingerprint density at radius 3 is 2.94 bits per heavy atom. The quantitative estimate of drug-likeness (QED) is 0.892. The van der Waals surface area contributed by atoms with E-state index in [9.17, 15) is 0 Å². The van der Waals surface area contributed by atoms with E-state index in [-0.39, 0.29) is 6.10 Å². The van der Waals surface area contributed by atoms with Gasteiger partial charge in [0.15, 0.2) is 11.5 Å². The van der Waals surface area contributed by atoms with Crippen LogP contribution < -0.4 is 14.8 Å². The van der Waals surface area contributed by atoms with Gasteiger partial charge in [0.1, 0.15) is 6.10 Å². The number of methoxy groups -OCH3 is 1. The van der Waals surface area contributed by atoms with Crippen molar-refractivity contribution in [2.75, 3.05) is 27.4 Å².